The summed E-state index contributed by atoms with van der Waals surface area (Å²) in [4.78, 5) is 14.3. The smallest absolute Gasteiger partial charge is 0.225 e. The van der Waals surface area contributed by atoms with Gasteiger partial charge in [-0.2, -0.15) is 5.10 Å². The van der Waals surface area contributed by atoms with Gasteiger partial charge in [0.1, 0.15) is 0 Å². The zero-order chi connectivity index (χ0) is 20.2. The Morgan fingerprint density at radius 1 is 1.00 bits per heavy atom. The molecule has 0 saturated carbocycles. The number of aromatic nitrogens is 4. The molecule has 2 aliphatic rings. The quantitative estimate of drug-likeness (QED) is 0.678. The fraction of sp³-hybridized carbons (Fsp3) is 0.458. The predicted octanol–water partition coefficient (Wildman–Crippen LogP) is 3.89. The number of rotatable bonds is 6. The molecule has 0 spiro atoms. The Hall–Kier alpha value is -2.73. The molecular formula is C24H30N6. The Morgan fingerprint density at radius 3 is 2.73 bits per heavy atom. The van der Waals surface area contributed by atoms with Gasteiger partial charge >= 0.3 is 0 Å². The van der Waals surface area contributed by atoms with Gasteiger partial charge in [0.15, 0.2) is 0 Å². The Kier molecular flexibility index (Phi) is 5.75. The van der Waals surface area contributed by atoms with Crippen molar-refractivity contribution in [3.63, 3.8) is 0 Å². The summed E-state index contributed by atoms with van der Waals surface area (Å²) < 4.78 is 0. The molecule has 2 fully saturated rings. The molecule has 2 aliphatic heterocycles. The summed E-state index contributed by atoms with van der Waals surface area (Å²) in [5, 5.41) is 7.71. The Morgan fingerprint density at radius 2 is 1.87 bits per heavy atom. The zero-order valence-corrected chi connectivity index (χ0v) is 17.5. The molecule has 2 aromatic heterocycles. The number of hydrogen-bond acceptors (Lipinski definition) is 5. The number of nitrogens with one attached hydrogen (secondary N) is 1. The van der Waals surface area contributed by atoms with Gasteiger partial charge in [-0.1, -0.05) is 30.3 Å². The van der Waals surface area contributed by atoms with Crippen molar-refractivity contribution in [2.24, 2.45) is 0 Å². The largest absolute Gasteiger partial charge is 0.341 e. The number of anilines is 1. The molecular weight excluding hydrogens is 372 g/mol. The minimum atomic E-state index is 0.470. The maximum atomic E-state index is 4.89. The molecule has 1 aromatic carbocycles. The summed E-state index contributed by atoms with van der Waals surface area (Å²) >= 11 is 0. The van der Waals surface area contributed by atoms with Crippen LogP contribution < -0.4 is 4.90 Å². The molecule has 5 rings (SSSR count). The average molecular weight is 403 g/mol. The first-order valence-electron chi connectivity index (χ1n) is 11.2. The van der Waals surface area contributed by atoms with Gasteiger partial charge in [0.25, 0.3) is 0 Å². The minimum Gasteiger partial charge on any atom is -0.341 e. The Bertz CT molecular complexity index is 947. The van der Waals surface area contributed by atoms with E-state index in [0.29, 0.717) is 5.92 Å². The van der Waals surface area contributed by atoms with Crippen molar-refractivity contribution in [1.82, 2.24) is 25.1 Å². The van der Waals surface area contributed by atoms with Crippen molar-refractivity contribution >= 4 is 5.95 Å². The Labute approximate surface area is 178 Å². The van der Waals surface area contributed by atoms with E-state index in [4.69, 9.17) is 4.98 Å². The van der Waals surface area contributed by atoms with Gasteiger partial charge in [-0.25, -0.2) is 9.97 Å². The van der Waals surface area contributed by atoms with Crippen LogP contribution in [0.2, 0.25) is 0 Å². The molecule has 6 nitrogen and oxygen atoms in total. The second-order valence-corrected chi connectivity index (χ2v) is 8.51. The summed E-state index contributed by atoms with van der Waals surface area (Å²) in [7, 11) is 0. The molecule has 0 aliphatic carbocycles. The van der Waals surface area contributed by atoms with E-state index in [2.05, 4.69) is 55.3 Å². The minimum absolute atomic E-state index is 0.470. The van der Waals surface area contributed by atoms with E-state index in [9.17, 15) is 0 Å². The van der Waals surface area contributed by atoms with Crippen molar-refractivity contribution in [1.29, 1.82) is 0 Å². The molecule has 0 unspecified atom stereocenters. The van der Waals surface area contributed by atoms with Crippen molar-refractivity contribution in [2.45, 2.75) is 38.0 Å². The monoisotopic (exact) mass is 402 g/mol. The van der Waals surface area contributed by atoms with Gasteiger partial charge in [0, 0.05) is 49.6 Å². The van der Waals surface area contributed by atoms with Gasteiger partial charge in [-0.15, -0.1) is 0 Å². The van der Waals surface area contributed by atoms with Crippen molar-refractivity contribution in [3.05, 3.63) is 60.0 Å². The normalized spacial score (nSPS) is 20.0. The Balaban J connectivity index is 1.30. The van der Waals surface area contributed by atoms with E-state index in [1.54, 1.807) is 0 Å². The lowest BCUT2D eigenvalue weighted by atomic mass is 9.91. The van der Waals surface area contributed by atoms with E-state index in [0.717, 1.165) is 49.8 Å². The molecule has 4 heterocycles. The summed E-state index contributed by atoms with van der Waals surface area (Å²) in [6, 6.07) is 12.8. The first kappa shape index (κ1) is 19.2. The van der Waals surface area contributed by atoms with Gasteiger partial charge in [0.05, 0.1) is 11.9 Å². The van der Waals surface area contributed by atoms with Gasteiger partial charge < -0.3 is 9.80 Å². The lowest BCUT2D eigenvalue weighted by Crippen LogP contribution is -2.36. The first-order valence-corrected chi connectivity index (χ1v) is 11.2. The van der Waals surface area contributed by atoms with Crippen LogP contribution in [-0.2, 0) is 6.42 Å². The molecule has 156 valence electrons. The maximum absolute atomic E-state index is 4.89. The molecule has 0 radical (unpaired) electrons. The van der Waals surface area contributed by atoms with Crippen LogP contribution in [-0.4, -0.2) is 57.8 Å². The highest BCUT2D eigenvalue weighted by Gasteiger charge is 2.26. The van der Waals surface area contributed by atoms with Crippen LogP contribution in [0.15, 0.2) is 48.8 Å². The number of nitrogens with zero attached hydrogens (tertiary/aromatic N) is 5. The predicted molar refractivity (Wildman–Crippen MR) is 120 cm³/mol. The van der Waals surface area contributed by atoms with Crippen LogP contribution in [0.3, 0.4) is 0 Å². The average Bonchev–Trinajstić information content (AvgIpc) is 3.51. The van der Waals surface area contributed by atoms with Crippen LogP contribution in [0.5, 0.6) is 0 Å². The lowest BCUT2D eigenvalue weighted by molar-refractivity contribution is 0.208. The van der Waals surface area contributed by atoms with Gasteiger partial charge in [-0.05, 0) is 50.3 Å². The van der Waals surface area contributed by atoms with E-state index in [-0.39, 0.29) is 0 Å². The standard InChI is InChI=1S/C24H30N6/c1-2-7-19(8-3-1)11-16-29-13-6-9-20(18-29)23-21(17-26-28-23)22-10-12-25-24(27-22)30-14-4-5-15-30/h1-3,7-8,10,12,17,20H,4-6,9,11,13-16,18H2,(H,26,28)/t20-/m1/s1. The van der Waals surface area contributed by atoms with Gasteiger partial charge in [-0.3, -0.25) is 5.10 Å². The number of likely N-dealkylation sites (tertiary alicyclic amines) is 1. The zero-order valence-electron chi connectivity index (χ0n) is 17.5. The maximum Gasteiger partial charge on any atom is 0.225 e. The summed E-state index contributed by atoms with van der Waals surface area (Å²) in [6.07, 6.45) is 9.81. The molecule has 0 amide bonds. The first-order chi connectivity index (χ1) is 14.9. The highest BCUT2D eigenvalue weighted by molar-refractivity contribution is 5.63. The van der Waals surface area contributed by atoms with Crippen LogP contribution in [0.25, 0.3) is 11.3 Å². The van der Waals surface area contributed by atoms with Crippen molar-refractivity contribution < 1.29 is 0 Å². The number of H-pyrrole nitrogens is 1. The summed E-state index contributed by atoms with van der Waals surface area (Å²) in [6.45, 7) is 5.48. The number of aromatic amines is 1. The van der Waals surface area contributed by atoms with Crippen LogP contribution in [0, 0.1) is 0 Å². The molecule has 1 N–H and O–H groups in total. The molecule has 30 heavy (non-hydrogen) atoms. The topological polar surface area (TPSA) is 60.9 Å². The highest BCUT2D eigenvalue weighted by atomic mass is 15.3. The number of benzene rings is 1. The number of piperidine rings is 1. The molecule has 3 aromatic rings. The third-order valence-electron chi connectivity index (χ3n) is 6.45. The van der Waals surface area contributed by atoms with Crippen LogP contribution in [0.4, 0.5) is 5.95 Å². The van der Waals surface area contributed by atoms with Crippen LogP contribution >= 0.6 is 0 Å². The van der Waals surface area contributed by atoms with E-state index < -0.39 is 0 Å². The third kappa shape index (κ3) is 4.24. The van der Waals surface area contributed by atoms with Gasteiger partial charge in [0.2, 0.25) is 5.95 Å². The van der Waals surface area contributed by atoms with Crippen molar-refractivity contribution in [2.75, 3.05) is 37.6 Å². The number of hydrogen-bond donors (Lipinski definition) is 1. The molecule has 1 atom stereocenters. The summed E-state index contributed by atoms with van der Waals surface area (Å²) in [5.41, 5.74) is 4.76. The SMILES string of the molecule is c1ccc(CCN2CCC[C@@H](c3[nH]ncc3-c3ccnc(N4CCCC4)n3)C2)cc1. The fourth-order valence-corrected chi connectivity index (χ4v) is 4.81. The summed E-state index contributed by atoms with van der Waals surface area (Å²) in [5.74, 6) is 1.32. The fourth-order valence-electron chi connectivity index (χ4n) is 4.81. The van der Waals surface area contributed by atoms with Crippen molar-refractivity contribution in [3.8, 4) is 11.3 Å². The van der Waals surface area contributed by atoms with E-state index in [1.807, 2.05) is 18.5 Å². The van der Waals surface area contributed by atoms with E-state index in [1.165, 1.54) is 43.5 Å². The second-order valence-electron chi connectivity index (χ2n) is 8.51. The third-order valence-corrected chi connectivity index (χ3v) is 6.45. The molecule has 6 heteroatoms. The van der Waals surface area contributed by atoms with E-state index >= 15 is 0 Å². The molecule has 2 saturated heterocycles. The molecule has 0 bridgehead atoms. The van der Waals surface area contributed by atoms with Crippen LogP contribution in [0.1, 0.15) is 42.9 Å². The lowest BCUT2D eigenvalue weighted by Gasteiger charge is -2.32. The highest BCUT2D eigenvalue weighted by Crippen LogP contribution is 2.33. The second kappa shape index (κ2) is 8.96.